The molecule has 0 fully saturated rings. The highest BCUT2D eigenvalue weighted by molar-refractivity contribution is 5.85. The fraction of sp³-hybridized carbons (Fsp3) is 0.300. The summed E-state index contributed by atoms with van der Waals surface area (Å²) in [5.74, 6) is 5.63. The molecule has 0 bridgehead atoms. The van der Waals surface area contributed by atoms with Crippen LogP contribution in [0.15, 0.2) is 18.2 Å². The van der Waals surface area contributed by atoms with Crippen molar-refractivity contribution in [2.45, 2.75) is 13.5 Å². The SMILES string of the molecule is CCOc1cc(C#N)ccc1CON.Cl. The second kappa shape index (κ2) is 7.07. The van der Waals surface area contributed by atoms with Gasteiger partial charge in [0, 0.05) is 5.56 Å². The number of halogens is 1. The van der Waals surface area contributed by atoms with E-state index in [0.29, 0.717) is 17.9 Å². The highest BCUT2D eigenvalue weighted by Crippen LogP contribution is 2.20. The fourth-order valence-corrected chi connectivity index (χ4v) is 1.12. The third-order valence-corrected chi connectivity index (χ3v) is 1.73. The third-order valence-electron chi connectivity index (χ3n) is 1.73. The zero-order chi connectivity index (χ0) is 10.4. The van der Waals surface area contributed by atoms with Crippen LogP contribution in [0.1, 0.15) is 18.1 Å². The summed E-state index contributed by atoms with van der Waals surface area (Å²) in [4.78, 5) is 4.53. The van der Waals surface area contributed by atoms with Gasteiger partial charge in [0.1, 0.15) is 5.75 Å². The van der Waals surface area contributed by atoms with Crippen LogP contribution in [0.2, 0.25) is 0 Å². The third kappa shape index (κ3) is 3.76. The van der Waals surface area contributed by atoms with Gasteiger partial charge in [-0.1, -0.05) is 6.07 Å². The molecule has 0 heterocycles. The van der Waals surface area contributed by atoms with Gasteiger partial charge in [-0.2, -0.15) is 5.26 Å². The molecule has 0 unspecified atom stereocenters. The van der Waals surface area contributed by atoms with E-state index in [1.165, 1.54) is 0 Å². The molecule has 0 spiro atoms. The highest BCUT2D eigenvalue weighted by atomic mass is 35.5. The number of nitrogens with two attached hydrogens (primary N) is 1. The van der Waals surface area contributed by atoms with Crippen LogP contribution in [-0.4, -0.2) is 6.61 Å². The quantitative estimate of drug-likeness (QED) is 0.798. The lowest BCUT2D eigenvalue weighted by molar-refractivity contribution is 0.121. The molecule has 4 nitrogen and oxygen atoms in total. The van der Waals surface area contributed by atoms with Crippen LogP contribution in [0.4, 0.5) is 0 Å². The van der Waals surface area contributed by atoms with Gasteiger partial charge in [-0.3, -0.25) is 4.84 Å². The lowest BCUT2D eigenvalue weighted by Crippen LogP contribution is -2.02. The Kier molecular flexibility index (Phi) is 6.47. The Hall–Kier alpha value is -1.28. The Morgan fingerprint density at radius 2 is 2.20 bits per heavy atom. The minimum absolute atomic E-state index is 0. The van der Waals surface area contributed by atoms with Gasteiger partial charge in [0.2, 0.25) is 0 Å². The van der Waals surface area contributed by atoms with Gasteiger partial charge >= 0.3 is 0 Å². The van der Waals surface area contributed by atoms with Crippen LogP contribution in [0.5, 0.6) is 5.75 Å². The number of hydrogen-bond donors (Lipinski definition) is 1. The van der Waals surface area contributed by atoms with E-state index in [1.54, 1.807) is 18.2 Å². The minimum Gasteiger partial charge on any atom is -0.493 e. The second-order valence-electron chi connectivity index (χ2n) is 2.68. The number of nitriles is 1. The molecule has 0 saturated heterocycles. The largest absolute Gasteiger partial charge is 0.493 e. The van der Waals surface area contributed by atoms with Crippen LogP contribution in [0, 0.1) is 11.3 Å². The summed E-state index contributed by atoms with van der Waals surface area (Å²) < 4.78 is 5.35. The maximum Gasteiger partial charge on any atom is 0.126 e. The van der Waals surface area contributed by atoms with Crippen molar-refractivity contribution in [3.63, 3.8) is 0 Å². The average Bonchev–Trinajstić information content (AvgIpc) is 2.21. The Balaban J connectivity index is 0.00000196. The molecule has 0 atom stereocenters. The standard InChI is InChI=1S/C10H12N2O2.ClH/c1-2-13-10-5-8(6-11)3-4-9(10)7-14-12;/h3-5H,2,7,12H2,1H3;1H. The van der Waals surface area contributed by atoms with E-state index in [4.69, 9.17) is 15.9 Å². The van der Waals surface area contributed by atoms with E-state index >= 15 is 0 Å². The molecule has 82 valence electrons. The highest BCUT2D eigenvalue weighted by Gasteiger charge is 2.04. The van der Waals surface area contributed by atoms with Crippen molar-refractivity contribution in [2.75, 3.05) is 6.61 Å². The molecule has 0 amide bonds. The minimum atomic E-state index is 0. The van der Waals surface area contributed by atoms with Gasteiger partial charge < -0.3 is 4.74 Å². The van der Waals surface area contributed by atoms with Crippen LogP contribution < -0.4 is 10.6 Å². The molecule has 0 aliphatic carbocycles. The molecule has 1 aromatic carbocycles. The van der Waals surface area contributed by atoms with E-state index in [2.05, 4.69) is 4.84 Å². The zero-order valence-electron chi connectivity index (χ0n) is 8.40. The molecule has 0 aliphatic rings. The van der Waals surface area contributed by atoms with Gasteiger partial charge in [0.15, 0.2) is 0 Å². The fourth-order valence-electron chi connectivity index (χ4n) is 1.12. The van der Waals surface area contributed by atoms with Crippen molar-refractivity contribution in [3.8, 4) is 11.8 Å². The molecule has 1 rings (SSSR count). The normalized spacial score (nSPS) is 8.87. The molecule has 0 aliphatic heterocycles. The Labute approximate surface area is 95.0 Å². The Bertz CT molecular complexity index is 350. The summed E-state index contributed by atoms with van der Waals surface area (Å²) in [6.45, 7) is 2.71. The van der Waals surface area contributed by atoms with Crippen molar-refractivity contribution >= 4 is 12.4 Å². The van der Waals surface area contributed by atoms with Gasteiger partial charge in [-0.15, -0.1) is 12.4 Å². The molecule has 15 heavy (non-hydrogen) atoms. The lowest BCUT2D eigenvalue weighted by Gasteiger charge is -2.08. The number of rotatable bonds is 4. The maximum atomic E-state index is 8.69. The molecular weight excluding hydrogens is 216 g/mol. The van der Waals surface area contributed by atoms with E-state index in [-0.39, 0.29) is 19.0 Å². The van der Waals surface area contributed by atoms with Crippen molar-refractivity contribution in [2.24, 2.45) is 5.90 Å². The lowest BCUT2D eigenvalue weighted by atomic mass is 10.1. The van der Waals surface area contributed by atoms with Crippen molar-refractivity contribution in [3.05, 3.63) is 29.3 Å². The maximum absolute atomic E-state index is 8.69. The summed E-state index contributed by atoms with van der Waals surface area (Å²) in [5.41, 5.74) is 1.41. The number of benzene rings is 1. The zero-order valence-corrected chi connectivity index (χ0v) is 9.21. The average molecular weight is 229 g/mol. The van der Waals surface area contributed by atoms with E-state index in [1.807, 2.05) is 13.0 Å². The first-order valence-electron chi connectivity index (χ1n) is 4.29. The molecule has 0 radical (unpaired) electrons. The topological polar surface area (TPSA) is 68.3 Å². The summed E-state index contributed by atoms with van der Waals surface area (Å²) in [6.07, 6.45) is 0. The molecular formula is C10H13ClN2O2. The second-order valence-corrected chi connectivity index (χ2v) is 2.68. The van der Waals surface area contributed by atoms with Crippen LogP contribution in [-0.2, 0) is 11.4 Å². The van der Waals surface area contributed by atoms with E-state index < -0.39 is 0 Å². The van der Waals surface area contributed by atoms with Gasteiger partial charge in [0.25, 0.3) is 0 Å². The van der Waals surface area contributed by atoms with Gasteiger partial charge in [-0.05, 0) is 19.1 Å². The van der Waals surface area contributed by atoms with Crippen LogP contribution >= 0.6 is 12.4 Å². The summed E-state index contributed by atoms with van der Waals surface area (Å²) in [6, 6.07) is 7.20. The predicted octanol–water partition coefficient (Wildman–Crippen LogP) is 1.77. The molecule has 1 aromatic rings. The van der Waals surface area contributed by atoms with Gasteiger partial charge in [-0.25, -0.2) is 5.90 Å². The summed E-state index contributed by atoms with van der Waals surface area (Å²) in [7, 11) is 0. The van der Waals surface area contributed by atoms with E-state index in [0.717, 1.165) is 5.56 Å². The predicted molar refractivity (Wildman–Crippen MR) is 58.6 cm³/mol. The van der Waals surface area contributed by atoms with Crippen LogP contribution in [0.3, 0.4) is 0 Å². The van der Waals surface area contributed by atoms with Crippen molar-refractivity contribution in [1.82, 2.24) is 0 Å². The molecule has 0 aromatic heterocycles. The Morgan fingerprint density at radius 1 is 1.47 bits per heavy atom. The molecule has 2 N–H and O–H groups in total. The Morgan fingerprint density at radius 3 is 2.73 bits per heavy atom. The first-order chi connectivity index (χ1) is 6.81. The first-order valence-corrected chi connectivity index (χ1v) is 4.29. The van der Waals surface area contributed by atoms with Crippen LogP contribution in [0.25, 0.3) is 0 Å². The smallest absolute Gasteiger partial charge is 0.126 e. The number of nitrogens with zero attached hydrogens (tertiary/aromatic N) is 1. The number of ether oxygens (including phenoxy) is 1. The first kappa shape index (κ1) is 13.7. The van der Waals surface area contributed by atoms with Crippen molar-refractivity contribution < 1.29 is 9.57 Å². The molecule has 0 saturated carbocycles. The molecule has 5 heteroatoms. The summed E-state index contributed by atoms with van der Waals surface area (Å²) >= 11 is 0. The monoisotopic (exact) mass is 228 g/mol. The number of hydrogen-bond acceptors (Lipinski definition) is 4. The van der Waals surface area contributed by atoms with Crippen molar-refractivity contribution in [1.29, 1.82) is 5.26 Å². The van der Waals surface area contributed by atoms with E-state index in [9.17, 15) is 0 Å². The van der Waals surface area contributed by atoms with Gasteiger partial charge in [0.05, 0.1) is 24.8 Å². The summed E-state index contributed by atoms with van der Waals surface area (Å²) in [5, 5.41) is 8.69.